The summed E-state index contributed by atoms with van der Waals surface area (Å²) in [6, 6.07) is 0. The fourth-order valence-electron chi connectivity index (χ4n) is 0.357. The molecular weight excluding hydrogens is 136 g/mol. The summed E-state index contributed by atoms with van der Waals surface area (Å²) >= 11 is 0. The highest BCUT2D eigenvalue weighted by Crippen LogP contribution is 1.95. The molecule has 9 heavy (non-hydrogen) atoms. The largest absolute Gasteiger partial charge is 0.548 e. The van der Waals surface area contributed by atoms with Gasteiger partial charge in [0.15, 0.2) is 0 Å². The van der Waals surface area contributed by atoms with Gasteiger partial charge in [-0.3, -0.25) is 0 Å². The van der Waals surface area contributed by atoms with Gasteiger partial charge in [0.2, 0.25) is 0 Å². The van der Waals surface area contributed by atoms with Gasteiger partial charge in [0.25, 0.3) is 0 Å². The summed E-state index contributed by atoms with van der Waals surface area (Å²) in [6.45, 7) is 5.31. The lowest BCUT2D eigenvalue weighted by Gasteiger charge is -2.11. The molecule has 0 heterocycles. The van der Waals surface area contributed by atoms with E-state index in [1.54, 1.807) is 21.1 Å². The lowest BCUT2D eigenvalue weighted by atomic mass is 10.7. The van der Waals surface area contributed by atoms with Crippen LogP contribution in [0.5, 0.6) is 0 Å². The molecule has 0 fully saturated rings. The number of hydrogen-bond donors (Lipinski definition) is 0. The first-order valence-corrected chi connectivity index (χ1v) is 4.00. The minimum Gasteiger partial charge on any atom is -0.508 e. The summed E-state index contributed by atoms with van der Waals surface area (Å²) in [5.41, 5.74) is 0. The highest BCUT2D eigenvalue weighted by molar-refractivity contribution is 6.36. The molecule has 0 saturated carbocycles. The second-order valence-electron chi connectivity index (χ2n) is 1.58. The molecule has 54 valence electrons. The standard InChI is InChI=1S/C5H12O3Si/c1-5(2)8-9(6-3)7-4/h9H,1H2,2-4H3. The maximum absolute atomic E-state index is 5.05. The van der Waals surface area contributed by atoms with E-state index >= 15 is 0 Å². The SMILES string of the molecule is C=C(C)O[SiH](OC)OC. The van der Waals surface area contributed by atoms with Crippen LogP contribution >= 0.6 is 0 Å². The lowest BCUT2D eigenvalue weighted by Crippen LogP contribution is -2.22. The van der Waals surface area contributed by atoms with Crippen LogP contribution in [0.2, 0.25) is 0 Å². The maximum atomic E-state index is 5.05. The van der Waals surface area contributed by atoms with Crippen LogP contribution in [0.4, 0.5) is 0 Å². The first-order valence-electron chi connectivity index (χ1n) is 2.58. The van der Waals surface area contributed by atoms with Crippen molar-refractivity contribution in [3.05, 3.63) is 12.3 Å². The van der Waals surface area contributed by atoms with Crippen LogP contribution in [0.1, 0.15) is 6.92 Å². The van der Waals surface area contributed by atoms with Crippen molar-refractivity contribution in [3.8, 4) is 0 Å². The van der Waals surface area contributed by atoms with Gasteiger partial charge in [0, 0.05) is 14.2 Å². The molecule has 0 radical (unpaired) electrons. The van der Waals surface area contributed by atoms with Gasteiger partial charge in [-0.2, -0.15) is 0 Å². The summed E-state index contributed by atoms with van der Waals surface area (Å²) < 4.78 is 14.7. The Labute approximate surface area is 57.2 Å². The molecule has 0 amide bonds. The second-order valence-corrected chi connectivity index (χ2v) is 3.34. The van der Waals surface area contributed by atoms with E-state index in [2.05, 4.69) is 6.58 Å². The Morgan fingerprint density at radius 2 is 1.78 bits per heavy atom. The average Bonchev–Trinajstić information content (AvgIpc) is 1.82. The first-order chi connectivity index (χ1) is 4.20. The number of hydrogen-bond acceptors (Lipinski definition) is 3. The Kier molecular flexibility index (Phi) is 4.38. The fraction of sp³-hybridized carbons (Fsp3) is 0.600. The average molecular weight is 148 g/mol. The molecule has 0 atom stereocenters. The Balaban J connectivity index is 3.43. The van der Waals surface area contributed by atoms with Gasteiger partial charge in [-0.25, -0.2) is 0 Å². The van der Waals surface area contributed by atoms with Crippen molar-refractivity contribution in [1.29, 1.82) is 0 Å². The predicted octanol–water partition coefficient (Wildman–Crippen LogP) is 0.547. The smallest absolute Gasteiger partial charge is 0.508 e. The highest BCUT2D eigenvalue weighted by atomic mass is 28.3. The Morgan fingerprint density at radius 3 is 1.89 bits per heavy atom. The van der Waals surface area contributed by atoms with E-state index in [9.17, 15) is 0 Å². The summed E-state index contributed by atoms with van der Waals surface area (Å²) in [4.78, 5) is 0. The molecule has 0 spiro atoms. The van der Waals surface area contributed by atoms with E-state index in [4.69, 9.17) is 13.3 Å². The van der Waals surface area contributed by atoms with Gasteiger partial charge < -0.3 is 13.3 Å². The molecule has 0 aliphatic heterocycles. The van der Waals surface area contributed by atoms with Crippen molar-refractivity contribution in [3.63, 3.8) is 0 Å². The molecule has 0 aliphatic rings. The zero-order valence-electron chi connectivity index (χ0n) is 6.01. The van der Waals surface area contributed by atoms with Gasteiger partial charge >= 0.3 is 9.53 Å². The third-order valence-corrected chi connectivity index (χ3v) is 2.05. The van der Waals surface area contributed by atoms with Gasteiger partial charge in [-0.05, 0) is 6.92 Å². The molecule has 0 aromatic rings. The molecule has 0 aromatic heterocycles. The monoisotopic (exact) mass is 148 g/mol. The normalized spacial score (nSPS) is 9.78. The van der Waals surface area contributed by atoms with Crippen molar-refractivity contribution in [2.24, 2.45) is 0 Å². The molecule has 0 unspecified atom stereocenters. The minimum absolute atomic E-state index is 0.635. The van der Waals surface area contributed by atoms with Crippen LogP contribution in [0, 0.1) is 0 Å². The molecule has 3 nitrogen and oxygen atoms in total. The van der Waals surface area contributed by atoms with Crippen LogP contribution in [0.15, 0.2) is 12.3 Å². The zero-order chi connectivity index (χ0) is 7.28. The van der Waals surface area contributed by atoms with Crippen molar-refractivity contribution in [2.45, 2.75) is 6.92 Å². The lowest BCUT2D eigenvalue weighted by molar-refractivity contribution is 0.170. The topological polar surface area (TPSA) is 27.7 Å². The van der Waals surface area contributed by atoms with E-state index in [1.807, 2.05) is 0 Å². The van der Waals surface area contributed by atoms with Crippen LogP contribution < -0.4 is 0 Å². The van der Waals surface area contributed by atoms with Crippen LogP contribution in [0.25, 0.3) is 0 Å². The van der Waals surface area contributed by atoms with E-state index in [-0.39, 0.29) is 0 Å². The van der Waals surface area contributed by atoms with Gasteiger partial charge in [0.05, 0.1) is 5.76 Å². The van der Waals surface area contributed by atoms with E-state index in [0.717, 1.165) is 0 Å². The molecule has 0 saturated heterocycles. The van der Waals surface area contributed by atoms with E-state index < -0.39 is 9.53 Å². The van der Waals surface area contributed by atoms with Gasteiger partial charge in [-0.1, -0.05) is 6.58 Å². The molecule has 0 aliphatic carbocycles. The fourth-order valence-corrected chi connectivity index (χ4v) is 1.07. The summed E-state index contributed by atoms with van der Waals surface area (Å²) in [5, 5.41) is 0. The summed E-state index contributed by atoms with van der Waals surface area (Å²) in [7, 11) is 1.27. The number of allylic oxidation sites excluding steroid dienone is 1. The third-order valence-electron chi connectivity index (χ3n) is 0.682. The molecule has 0 N–H and O–H groups in total. The van der Waals surface area contributed by atoms with Crippen LogP contribution in [-0.2, 0) is 13.3 Å². The maximum Gasteiger partial charge on any atom is 0.548 e. The van der Waals surface area contributed by atoms with E-state index in [1.165, 1.54) is 0 Å². The van der Waals surface area contributed by atoms with Crippen LogP contribution in [0.3, 0.4) is 0 Å². The molecule has 0 rings (SSSR count). The van der Waals surface area contributed by atoms with E-state index in [0.29, 0.717) is 5.76 Å². The molecule has 0 aromatic carbocycles. The van der Waals surface area contributed by atoms with Crippen molar-refractivity contribution >= 4 is 9.53 Å². The van der Waals surface area contributed by atoms with Gasteiger partial charge in [0.1, 0.15) is 0 Å². The third kappa shape index (κ3) is 4.20. The second kappa shape index (κ2) is 4.55. The van der Waals surface area contributed by atoms with Crippen LogP contribution in [-0.4, -0.2) is 23.7 Å². The first kappa shape index (κ1) is 8.68. The predicted molar refractivity (Wildman–Crippen MR) is 37.1 cm³/mol. The highest BCUT2D eigenvalue weighted by Gasteiger charge is 2.10. The molecule has 4 heteroatoms. The van der Waals surface area contributed by atoms with Crippen molar-refractivity contribution < 1.29 is 13.3 Å². The summed E-state index contributed by atoms with van der Waals surface area (Å²) in [5.74, 6) is 0.635. The van der Waals surface area contributed by atoms with Crippen molar-refractivity contribution in [2.75, 3.05) is 14.2 Å². The Hall–Kier alpha value is -0.323. The minimum atomic E-state index is -1.85. The molecule has 0 bridgehead atoms. The number of rotatable bonds is 4. The molecular formula is C5H12O3Si. The Bertz CT molecular complexity index is 90.2. The van der Waals surface area contributed by atoms with Gasteiger partial charge in [-0.15, -0.1) is 0 Å². The Morgan fingerprint density at radius 1 is 1.33 bits per heavy atom. The van der Waals surface area contributed by atoms with Crippen molar-refractivity contribution in [1.82, 2.24) is 0 Å². The zero-order valence-corrected chi connectivity index (χ0v) is 7.16. The quantitative estimate of drug-likeness (QED) is 0.430. The summed E-state index contributed by atoms with van der Waals surface area (Å²) in [6.07, 6.45) is 0.